The van der Waals surface area contributed by atoms with Gasteiger partial charge in [-0.15, -0.1) is 0 Å². The summed E-state index contributed by atoms with van der Waals surface area (Å²) in [5.74, 6) is 2.40. The van der Waals surface area contributed by atoms with Gasteiger partial charge in [-0.2, -0.15) is 0 Å². The standard InChI is InChI=1S/C21H32N2O3/c1-15-7-9-23(10-8-15)14-21(2,3)22-20(24)17-11-16-12-18(25-4)5-6-19(16)26-13-17/h5-6,12,15,17H,7-11,13-14H2,1-4H3,(H,22,24). The van der Waals surface area contributed by atoms with Gasteiger partial charge in [0, 0.05) is 12.1 Å². The number of benzene rings is 1. The number of hydrogen-bond acceptors (Lipinski definition) is 4. The number of ether oxygens (including phenoxy) is 2. The molecule has 0 spiro atoms. The van der Waals surface area contributed by atoms with Crippen LogP contribution in [0.5, 0.6) is 11.5 Å². The number of likely N-dealkylation sites (tertiary alicyclic amines) is 1. The average molecular weight is 360 g/mol. The first-order valence-electron chi connectivity index (χ1n) is 9.70. The highest BCUT2D eigenvalue weighted by Crippen LogP contribution is 2.31. The molecule has 26 heavy (non-hydrogen) atoms. The third kappa shape index (κ3) is 4.70. The van der Waals surface area contributed by atoms with Crippen LogP contribution in [0.4, 0.5) is 0 Å². The molecule has 2 aliphatic heterocycles. The largest absolute Gasteiger partial charge is 0.497 e. The molecule has 0 aliphatic carbocycles. The van der Waals surface area contributed by atoms with E-state index >= 15 is 0 Å². The average Bonchev–Trinajstić information content (AvgIpc) is 2.62. The summed E-state index contributed by atoms with van der Waals surface area (Å²) in [5.41, 5.74) is 0.797. The van der Waals surface area contributed by atoms with Crippen molar-refractivity contribution in [3.63, 3.8) is 0 Å². The SMILES string of the molecule is COc1ccc2c(c1)CC(C(=O)NC(C)(C)CN1CCC(C)CC1)CO2. The lowest BCUT2D eigenvalue weighted by molar-refractivity contribution is -0.128. The van der Waals surface area contributed by atoms with Crippen LogP contribution in [-0.2, 0) is 11.2 Å². The second kappa shape index (κ2) is 7.87. The lowest BCUT2D eigenvalue weighted by Gasteiger charge is -2.38. The van der Waals surface area contributed by atoms with Crippen LogP contribution >= 0.6 is 0 Å². The molecular formula is C21H32N2O3. The Labute approximate surface area is 157 Å². The molecule has 3 rings (SSSR count). The highest BCUT2D eigenvalue weighted by Gasteiger charge is 2.31. The first-order valence-corrected chi connectivity index (χ1v) is 9.70. The first kappa shape index (κ1) is 19.0. The highest BCUT2D eigenvalue weighted by atomic mass is 16.5. The van der Waals surface area contributed by atoms with E-state index in [1.807, 2.05) is 18.2 Å². The quantitative estimate of drug-likeness (QED) is 0.877. The molecule has 1 saturated heterocycles. The molecule has 5 nitrogen and oxygen atoms in total. The fraction of sp³-hybridized carbons (Fsp3) is 0.667. The number of rotatable bonds is 5. The molecule has 0 bridgehead atoms. The highest BCUT2D eigenvalue weighted by molar-refractivity contribution is 5.80. The number of nitrogens with zero attached hydrogens (tertiary/aromatic N) is 1. The smallest absolute Gasteiger partial charge is 0.227 e. The Morgan fingerprint density at radius 2 is 2.08 bits per heavy atom. The Balaban J connectivity index is 1.57. The Morgan fingerprint density at radius 3 is 2.77 bits per heavy atom. The topological polar surface area (TPSA) is 50.8 Å². The van der Waals surface area contributed by atoms with Gasteiger partial charge in [-0.3, -0.25) is 4.79 Å². The summed E-state index contributed by atoms with van der Waals surface area (Å²) in [5, 5.41) is 3.25. The number of fused-ring (bicyclic) bond motifs is 1. The van der Waals surface area contributed by atoms with Crippen LogP contribution in [-0.4, -0.2) is 49.7 Å². The first-order chi connectivity index (χ1) is 12.4. The van der Waals surface area contributed by atoms with E-state index < -0.39 is 0 Å². The lowest BCUT2D eigenvalue weighted by atomic mass is 9.93. The molecule has 0 radical (unpaired) electrons. The fourth-order valence-electron chi connectivity index (χ4n) is 3.92. The zero-order chi connectivity index (χ0) is 18.7. The summed E-state index contributed by atoms with van der Waals surface area (Å²) in [6, 6.07) is 5.78. The number of carbonyl (C=O) groups excluding carboxylic acids is 1. The van der Waals surface area contributed by atoms with Crippen LogP contribution in [0.1, 0.15) is 39.2 Å². The van der Waals surface area contributed by atoms with Crippen molar-refractivity contribution in [3.8, 4) is 11.5 Å². The second-order valence-corrected chi connectivity index (χ2v) is 8.52. The molecule has 1 aromatic rings. The van der Waals surface area contributed by atoms with Crippen molar-refractivity contribution in [2.24, 2.45) is 11.8 Å². The lowest BCUT2D eigenvalue weighted by Crippen LogP contribution is -2.55. The monoisotopic (exact) mass is 360 g/mol. The number of hydrogen-bond donors (Lipinski definition) is 1. The van der Waals surface area contributed by atoms with Crippen molar-refractivity contribution in [3.05, 3.63) is 23.8 Å². The molecule has 1 N–H and O–H groups in total. The van der Waals surface area contributed by atoms with Crippen molar-refractivity contribution in [2.75, 3.05) is 33.4 Å². The number of amides is 1. The fourth-order valence-corrected chi connectivity index (χ4v) is 3.92. The molecule has 1 atom stereocenters. The molecule has 2 aliphatic rings. The predicted octanol–water partition coefficient (Wildman–Crippen LogP) is 2.87. The van der Waals surface area contributed by atoms with Gasteiger partial charge in [-0.25, -0.2) is 0 Å². The molecule has 1 aromatic carbocycles. The van der Waals surface area contributed by atoms with Crippen molar-refractivity contribution < 1.29 is 14.3 Å². The van der Waals surface area contributed by atoms with E-state index in [2.05, 4.69) is 31.0 Å². The van der Waals surface area contributed by atoms with Gasteiger partial charge in [0.15, 0.2) is 0 Å². The summed E-state index contributed by atoms with van der Waals surface area (Å²) in [7, 11) is 1.65. The number of carbonyl (C=O) groups is 1. The second-order valence-electron chi connectivity index (χ2n) is 8.52. The third-order valence-electron chi connectivity index (χ3n) is 5.50. The minimum Gasteiger partial charge on any atom is -0.497 e. The van der Waals surface area contributed by atoms with Gasteiger partial charge in [0.25, 0.3) is 0 Å². The third-order valence-corrected chi connectivity index (χ3v) is 5.50. The van der Waals surface area contributed by atoms with E-state index in [-0.39, 0.29) is 17.4 Å². The molecule has 0 aromatic heterocycles. The van der Waals surface area contributed by atoms with Crippen LogP contribution in [0, 0.1) is 11.8 Å². The van der Waals surface area contributed by atoms with Gasteiger partial charge in [0.2, 0.25) is 5.91 Å². The van der Waals surface area contributed by atoms with E-state index in [0.717, 1.165) is 42.6 Å². The van der Waals surface area contributed by atoms with E-state index in [1.165, 1.54) is 12.8 Å². The van der Waals surface area contributed by atoms with Crippen LogP contribution in [0.25, 0.3) is 0 Å². The maximum atomic E-state index is 12.8. The van der Waals surface area contributed by atoms with E-state index in [9.17, 15) is 4.79 Å². The normalized spacial score (nSPS) is 21.6. The Bertz CT molecular complexity index is 636. The minimum absolute atomic E-state index is 0.0776. The zero-order valence-corrected chi connectivity index (χ0v) is 16.5. The molecule has 5 heteroatoms. The van der Waals surface area contributed by atoms with Gasteiger partial charge in [-0.05, 0) is 75.9 Å². The minimum atomic E-state index is -0.244. The van der Waals surface area contributed by atoms with Gasteiger partial charge in [-0.1, -0.05) is 6.92 Å². The molecule has 0 saturated carbocycles. The predicted molar refractivity (Wildman–Crippen MR) is 103 cm³/mol. The summed E-state index contributed by atoms with van der Waals surface area (Å²) in [4.78, 5) is 15.3. The number of methoxy groups -OCH3 is 1. The maximum absolute atomic E-state index is 12.8. The van der Waals surface area contributed by atoms with Gasteiger partial charge < -0.3 is 19.7 Å². The molecular weight excluding hydrogens is 328 g/mol. The summed E-state index contributed by atoms with van der Waals surface area (Å²) >= 11 is 0. The molecule has 1 fully saturated rings. The summed E-state index contributed by atoms with van der Waals surface area (Å²) in [6.45, 7) is 10.1. The molecule has 1 amide bonds. The van der Waals surface area contributed by atoms with Gasteiger partial charge in [0.1, 0.15) is 18.1 Å². The number of nitrogens with one attached hydrogen (secondary N) is 1. The summed E-state index contributed by atoms with van der Waals surface area (Å²) in [6.07, 6.45) is 3.19. The van der Waals surface area contributed by atoms with Crippen LogP contribution in [0.3, 0.4) is 0 Å². The van der Waals surface area contributed by atoms with E-state index in [0.29, 0.717) is 13.0 Å². The molecule has 2 heterocycles. The van der Waals surface area contributed by atoms with Gasteiger partial charge >= 0.3 is 0 Å². The van der Waals surface area contributed by atoms with Crippen LogP contribution in [0.15, 0.2) is 18.2 Å². The molecule has 144 valence electrons. The Kier molecular flexibility index (Phi) is 5.76. The van der Waals surface area contributed by atoms with Crippen molar-refractivity contribution in [1.82, 2.24) is 10.2 Å². The molecule has 1 unspecified atom stereocenters. The van der Waals surface area contributed by atoms with Crippen molar-refractivity contribution >= 4 is 5.91 Å². The van der Waals surface area contributed by atoms with Crippen molar-refractivity contribution in [1.29, 1.82) is 0 Å². The van der Waals surface area contributed by atoms with Gasteiger partial charge in [0.05, 0.1) is 13.0 Å². The van der Waals surface area contributed by atoms with Crippen LogP contribution < -0.4 is 14.8 Å². The maximum Gasteiger partial charge on any atom is 0.227 e. The summed E-state index contributed by atoms with van der Waals surface area (Å²) < 4.78 is 11.1. The Morgan fingerprint density at radius 1 is 1.35 bits per heavy atom. The van der Waals surface area contributed by atoms with Crippen molar-refractivity contribution in [2.45, 2.75) is 45.6 Å². The number of piperidine rings is 1. The Hall–Kier alpha value is -1.75. The van der Waals surface area contributed by atoms with E-state index in [4.69, 9.17) is 9.47 Å². The van der Waals surface area contributed by atoms with Crippen LogP contribution in [0.2, 0.25) is 0 Å². The van der Waals surface area contributed by atoms with E-state index in [1.54, 1.807) is 7.11 Å². The zero-order valence-electron chi connectivity index (χ0n) is 16.5.